The van der Waals surface area contributed by atoms with Crippen molar-refractivity contribution in [2.24, 2.45) is 0 Å². The Kier molecular flexibility index (Phi) is 6.23. The fourth-order valence-corrected chi connectivity index (χ4v) is 3.96. The largest absolute Gasteiger partial charge is 0.349 e. The van der Waals surface area contributed by atoms with Gasteiger partial charge in [0.15, 0.2) is 0 Å². The zero-order valence-electron chi connectivity index (χ0n) is 17.3. The molecule has 162 valence electrons. The van der Waals surface area contributed by atoms with E-state index in [1.807, 2.05) is 31.2 Å². The first-order valence-electron chi connectivity index (χ1n) is 10.1. The van der Waals surface area contributed by atoms with Gasteiger partial charge in [-0.2, -0.15) is 0 Å². The summed E-state index contributed by atoms with van der Waals surface area (Å²) < 4.78 is 0. The number of amides is 2. The van der Waals surface area contributed by atoms with E-state index in [1.54, 1.807) is 36.4 Å². The molecule has 3 aromatic rings. The van der Waals surface area contributed by atoms with Gasteiger partial charge in [0.05, 0.1) is 9.82 Å². The molecular weight excluding hydrogens is 426 g/mol. The minimum atomic E-state index is -0.490. The van der Waals surface area contributed by atoms with E-state index < -0.39 is 10.8 Å². The lowest BCUT2D eigenvalue weighted by atomic mass is 10.1. The van der Waals surface area contributed by atoms with Crippen LogP contribution in [-0.4, -0.2) is 22.8 Å². The smallest absolute Gasteiger partial charge is 0.284 e. The Hall–Kier alpha value is -3.65. The van der Waals surface area contributed by atoms with Crippen LogP contribution in [0.4, 0.5) is 11.4 Å². The highest BCUT2D eigenvalue weighted by Gasteiger charge is 2.24. The third-order valence-electron chi connectivity index (χ3n) is 4.96. The van der Waals surface area contributed by atoms with E-state index in [2.05, 4.69) is 10.6 Å². The predicted octanol–water partition coefficient (Wildman–Crippen LogP) is 5.20. The van der Waals surface area contributed by atoms with Crippen LogP contribution in [0.2, 0.25) is 0 Å². The van der Waals surface area contributed by atoms with Gasteiger partial charge >= 0.3 is 0 Å². The Labute approximate surface area is 189 Å². The minimum Gasteiger partial charge on any atom is -0.349 e. The summed E-state index contributed by atoms with van der Waals surface area (Å²) >= 11 is 1.27. The molecule has 0 atom stereocenters. The van der Waals surface area contributed by atoms with Crippen molar-refractivity contribution in [3.05, 3.63) is 93.5 Å². The number of anilines is 1. The van der Waals surface area contributed by atoms with Crippen LogP contribution in [-0.2, 0) is 0 Å². The normalized spacial score (nSPS) is 12.8. The Morgan fingerprint density at radius 1 is 0.969 bits per heavy atom. The Morgan fingerprint density at radius 2 is 1.69 bits per heavy atom. The average Bonchev–Trinajstić information content (AvgIpc) is 3.59. The first kappa shape index (κ1) is 21.6. The summed E-state index contributed by atoms with van der Waals surface area (Å²) in [6.45, 7) is 1.97. The first-order valence-corrected chi connectivity index (χ1v) is 11.0. The van der Waals surface area contributed by atoms with E-state index in [0.717, 1.165) is 23.3 Å². The highest BCUT2D eigenvalue weighted by molar-refractivity contribution is 7.99. The number of aryl methyl sites for hydroxylation is 1. The van der Waals surface area contributed by atoms with Crippen LogP contribution in [0.3, 0.4) is 0 Å². The number of hydrogen-bond acceptors (Lipinski definition) is 5. The maximum Gasteiger partial charge on any atom is 0.284 e. The fourth-order valence-electron chi connectivity index (χ4n) is 3.06. The Balaban J connectivity index is 1.51. The van der Waals surface area contributed by atoms with Crippen molar-refractivity contribution in [3.8, 4) is 0 Å². The molecule has 0 radical (unpaired) electrons. The van der Waals surface area contributed by atoms with Crippen molar-refractivity contribution < 1.29 is 14.5 Å². The summed E-state index contributed by atoms with van der Waals surface area (Å²) in [5, 5.41) is 17.2. The highest BCUT2D eigenvalue weighted by atomic mass is 32.2. The molecule has 1 aliphatic rings. The standard InChI is InChI=1S/C24H21N3O4S/c1-15-5-10-20(11-6-15)32-22-12-7-17(14-21(22)27(30)31)24(29)26-19-4-2-3-16(13-19)23(28)25-18-8-9-18/h2-7,10-14,18H,8-9H2,1H3,(H,25,28)(H,26,29). The van der Waals surface area contributed by atoms with E-state index in [9.17, 15) is 19.7 Å². The maximum absolute atomic E-state index is 12.7. The van der Waals surface area contributed by atoms with Crippen molar-refractivity contribution in [1.29, 1.82) is 0 Å². The maximum atomic E-state index is 12.7. The van der Waals surface area contributed by atoms with Crippen LogP contribution in [0.25, 0.3) is 0 Å². The van der Waals surface area contributed by atoms with Crippen molar-refractivity contribution >= 4 is 35.0 Å². The molecular formula is C24H21N3O4S. The third kappa shape index (κ3) is 5.33. The summed E-state index contributed by atoms with van der Waals surface area (Å²) in [6, 6.07) is 18.9. The topological polar surface area (TPSA) is 101 Å². The zero-order chi connectivity index (χ0) is 22.7. The highest BCUT2D eigenvalue weighted by Crippen LogP contribution is 2.35. The molecule has 1 aliphatic carbocycles. The van der Waals surface area contributed by atoms with Gasteiger partial charge in [0.1, 0.15) is 0 Å². The quantitative estimate of drug-likeness (QED) is 0.383. The number of nitro groups is 1. The second-order valence-electron chi connectivity index (χ2n) is 7.64. The lowest BCUT2D eigenvalue weighted by Gasteiger charge is -2.09. The molecule has 4 rings (SSSR count). The van der Waals surface area contributed by atoms with Crippen molar-refractivity contribution in [1.82, 2.24) is 5.32 Å². The Morgan fingerprint density at radius 3 is 2.38 bits per heavy atom. The third-order valence-corrected chi connectivity index (χ3v) is 6.03. The second-order valence-corrected chi connectivity index (χ2v) is 8.75. The van der Waals surface area contributed by atoms with Gasteiger partial charge in [-0.1, -0.05) is 35.5 Å². The van der Waals surface area contributed by atoms with Crippen molar-refractivity contribution in [3.63, 3.8) is 0 Å². The van der Waals surface area contributed by atoms with E-state index in [4.69, 9.17) is 0 Å². The van der Waals surface area contributed by atoms with E-state index in [1.165, 1.54) is 17.8 Å². The van der Waals surface area contributed by atoms with Gasteiger partial charge < -0.3 is 10.6 Å². The SMILES string of the molecule is Cc1ccc(Sc2ccc(C(=O)Nc3cccc(C(=O)NC4CC4)c3)cc2[N+](=O)[O-])cc1. The summed E-state index contributed by atoms with van der Waals surface area (Å²) in [5.41, 5.74) is 2.02. The molecule has 0 heterocycles. The second kappa shape index (κ2) is 9.23. The zero-order valence-corrected chi connectivity index (χ0v) is 18.1. The van der Waals surface area contributed by atoms with Crippen LogP contribution in [0, 0.1) is 17.0 Å². The van der Waals surface area contributed by atoms with Gasteiger partial charge in [0, 0.05) is 33.8 Å². The molecule has 1 saturated carbocycles. The molecule has 7 nitrogen and oxygen atoms in total. The van der Waals surface area contributed by atoms with Gasteiger partial charge in [-0.15, -0.1) is 0 Å². The van der Waals surface area contributed by atoms with Crippen LogP contribution in [0.15, 0.2) is 76.5 Å². The van der Waals surface area contributed by atoms with E-state index in [0.29, 0.717) is 16.1 Å². The monoisotopic (exact) mass is 447 g/mol. The van der Waals surface area contributed by atoms with Crippen molar-refractivity contribution in [2.45, 2.75) is 35.6 Å². The summed E-state index contributed by atoms with van der Waals surface area (Å²) in [7, 11) is 0. The lowest BCUT2D eigenvalue weighted by Crippen LogP contribution is -2.25. The summed E-state index contributed by atoms with van der Waals surface area (Å²) in [5.74, 6) is -0.670. The van der Waals surface area contributed by atoms with Gasteiger partial charge in [-0.3, -0.25) is 19.7 Å². The number of nitrogens with one attached hydrogen (secondary N) is 2. The number of rotatable bonds is 7. The fraction of sp³-hybridized carbons (Fsp3) is 0.167. The average molecular weight is 448 g/mol. The molecule has 3 aromatic carbocycles. The molecule has 8 heteroatoms. The van der Waals surface area contributed by atoms with Crippen molar-refractivity contribution in [2.75, 3.05) is 5.32 Å². The predicted molar refractivity (Wildman–Crippen MR) is 123 cm³/mol. The van der Waals surface area contributed by atoms with Crippen LogP contribution < -0.4 is 10.6 Å². The van der Waals surface area contributed by atoms with Crippen LogP contribution in [0.1, 0.15) is 39.1 Å². The molecule has 2 N–H and O–H groups in total. The molecule has 0 unspecified atom stereocenters. The molecule has 0 spiro atoms. The minimum absolute atomic E-state index is 0.138. The number of nitro benzene ring substituents is 1. The number of benzene rings is 3. The molecule has 0 aromatic heterocycles. The number of carbonyl (C=O) groups is 2. The van der Waals surface area contributed by atoms with Gasteiger partial charge in [0.25, 0.3) is 17.5 Å². The van der Waals surface area contributed by atoms with Gasteiger partial charge in [0.2, 0.25) is 0 Å². The van der Waals surface area contributed by atoms with Crippen LogP contribution in [0.5, 0.6) is 0 Å². The number of carbonyl (C=O) groups excluding carboxylic acids is 2. The lowest BCUT2D eigenvalue weighted by molar-refractivity contribution is -0.387. The number of hydrogen-bond donors (Lipinski definition) is 2. The summed E-state index contributed by atoms with van der Waals surface area (Å²) in [6.07, 6.45) is 1.97. The molecule has 32 heavy (non-hydrogen) atoms. The van der Waals surface area contributed by atoms with E-state index >= 15 is 0 Å². The molecule has 0 saturated heterocycles. The molecule has 1 fully saturated rings. The van der Waals surface area contributed by atoms with Gasteiger partial charge in [-0.25, -0.2) is 0 Å². The first-order chi connectivity index (χ1) is 15.4. The van der Waals surface area contributed by atoms with E-state index in [-0.39, 0.29) is 23.2 Å². The summed E-state index contributed by atoms with van der Waals surface area (Å²) in [4.78, 5) is 37.4. The number of nitrogens with zero attached hydrogens (tertiary/aromatic N) is 1. The van der Waals surface area contributed by atoms with Crippen LogP contribution >= 0.6 is 11.8 Å². The molecule has 0 aliphatic heterocycles. The molecule has 0 bridgehead atoms. The molecule has 2 amide bonds. The Bertz CT molecular complexity index is 1190. The van der Waals surface area contributed by atoms with Gasteiger partial charge in [-0.05, 0) is 62.2 Å².